The minimum absolute atomic E-state index is 0.0994. The van der Waals surface area contributed by atoms with E-state index in [0.29, 0.717) is 22.4 Å². The Bertz CT molecular complexity index is 1260. The lowest BCUT2D eigenvalue weighted by Crippen LogP contribution is -2.24. The van der Waals surface area contributed by atoms with Crippen LogP contribution in [0.3, 0.4) is 0 Å². The predicted octanol–water partition coefficient (Wildman–Crippen LogP) is 2.76. The normalized spacial score (nSPS) is 12.6. The number of anilines is 2. The van der Waals surface area contributed by atoms with Gasteiger partial charge in [-0.2, -0.15) is 5.10 Å². The molecule has 0 aliphatic carbocycles. The summed E-state index contributed by atoms with van der Waals surface area (Å²) in [6.07, 6.45) is 6.28. The van der Waals surface area contributed by atoms with Gasteiger partial charge in [0.25, 0.3) is 10.0 Å². The molecule has 10 heteroatoms. The van der Waals surface area contributed by atoms with E-state index in [0.717, 1.165) is 0 Å². The standard InChI is InChI=1S/C19H18N6O3S/c1-13(25-10-4-9-22-25)19(26)23-14-5-2-6-15(11-14)24-29(27,28)17-12-21-18-16(17)7-3-8-20-18/h2-13,24H,1H3,(H,20,21)(H,23,26). The number of aromatic nitrogens is 4. The Balaban J connectivity index is 1.53. The first kappa shape index (κ1) is 18.7. The first-order valence-corrected chi connectivity index (χ1v) is 10.3. The maximum absolute atomic E-state index is 12.8. The van der Waals surface area contributed by atoms with Crippen LogP contribution in [0.4, 0.5) is 11.4 Å². The fraction of sp³-hybridized carbons (Fsp3) is 0.105. The highest BCUT2D eigenvalue weighted by Crippen LogP contribution is 2.25. The fourth-order valence-corrected chi connectivity index (χ4v) is 4.12. The van der Waals surface area contributed by atoms with Crippen LogP contribution in [0.15, 0.2) is 72.1 Å². The van der Waals surface area contributed by atoms with Gasteiger partial charge in [-0.25, -0.2) is 13.4 Å². The predicted molar refractivity (Wildman–Crippen MR) is 109 cm³/mol. The van der Waals surface area contributed by atoms with Crippen LogP contribution in [0.25, 0.3) is 11.0 Å². The molecular formula is C19H18N6O3S. The smallest absolute Gasteiger partial charge is 0.264 e. The first-order chi connectivity index (χ1) is 13.9. The highest BCUT2D eigenvalue weighted by Gasteiger charge is 2.20. The molecule has 3 heterocycles. The Kier molecular flexibility index (Phi) is 4.77. The van der Waals surface area contributed by atoms with Crippen LogP contribution in [-0.2, 0) is 14.8 Å². The van der Waals surface area contributed by atoms with Crippen molar-refractivity contribution in [3.63, 3.8) is 0 Å². The molecule has 4 aromatic rings. The summed E-state index contributed by atoms with van der Waals surface area (Å²) in [6.45, 7) is 1.72. The molecule has 0 bridgehead atoms. The molecule has 3 N–H and O–H groups in total. The number of pyridine rings is 1. The summed E-state index contributed by atoms with van der Waals surface area (Å²) in [5.74, 6) is -0.267. The number of nitrogens with one attached hydrogen (secondary N) is 3. The zero-order chi connectivity index (χ0) is 20.4. The molecule has 1 amide bonds. The van der Waals surface area contributed by atoms with Crippen molar-refractivity contribution in [1.29, 1.82) is 0 Å². The molecular weight excluding hydrogens is 392 g/mol. The molecule has 0 aliphatic heterocycles. The summed E-state index contributed by atoms with van der Waals surface area (Å²) >= 11 is 0. The molecule has 0 saturated carbocycles. The highest BCUT2D eigenvalue weighted by molar-refractivity contribution is 7.93. The third-order valence-electron chi connectivity index (χ3n) is 4.39. The van der Waals surface area contributed by atoms with Crippen LogP contribution in [0.1, 0.15) is 13.0 Å². The molecule has 4 rings (SSSR count). The molecule has 29 heavy (non-hydrogen) atoms. The lowest BCUT2D eigenvalue weighted by atomic mass is 10.2. The molecule has 0 aliphatic rings. The molecule has 1 atom stereocenters. The van der Waals surface area contributed by atoms with E-state index in [1.54, 1.807) is 68.0 Å². The molecule has 3 aromatic heterocycles. The molecule has 0 spiro atoms. The number of carbonyl (C=O) groups is 1. The summed E-state index contributed by atoms with van der Waals surface area (Å²) in [5, 5.41) is 7.32. The maximum Gasteiger partial charge on any atom is 0.264 e. The quantitative estimate of drug-likeness (QED) is 0.451. The van der Waals surface area contributed by atoms with E-state index in [1.165, 1.54) is 10.9 Å². The number of aromatic amines is 1. The van der Waals surface area contributed by atoms with Crippen molar-refractivity contribution in [3.8, 4) is 0 Å². The Hall–Kier alpha value is -3.66. The maximum atomic E-state index is 12.8. The zero-order valence-corrected chi connectivity index (χ0v) is 16.2. The number of rotatable bonds is 6. The molecule has 0 saturated heterocycles. The SMILES string of the molecule is CC(C(=O)Nc1cccc(NS(=O)(=O)c2c[nH]c3ncccc23)c1)n1cccn1. The number of H-pyrrole nitrogens is 1. The monoisotopic (exact) mass is 410 g/mol. The fourth-order valence-electron chi connectivity index (χ4n) is 2.90. The third-order valence-corrected chi connectivity index (χ3v) is 5.81. The van der Waals surface area contributed by atoms with E-state index in [1.807, 2.05) is 0 Å². The number of fused-ring (bicyclic) bond motifs is 1. The Morgan fingerprint density at radius 1 is 1.14 bits per heavy atom. The van der Waals surface area contributed by atoms with Crippen molar-refractivity contribution >= 4 is 38.3 Å². The van der Waals surface area contributed by atoms with Crippen molar-refractivity contribution in [3.05, 3.63) is 67.3 Å². The van der Waals surface area contributed by atoms with Crippen LogP contribution >= 0.6 is 0 Å². The van der Waals surface area contributed by atoms with Crippen LogP contribution < -0.4 is 10.0 Å². The van der Waals surface area contributed by atoms with Gasteiger partial charge in [-0.3, -0.25) is 14.2 Å². The van der Waals surface area contributed by atoms with Crippen molar-refractivity contribution in [2.45, 2.75) is 17.9 Å². The van der Waals surface area contributed by atoms with Gasteiger partial charge in [0.1, 0.15) is 16.6 Å². The largest absolute Gasteiger partial charge is 0.345 e. The highest BCUT2D eigenvalue weighted by atomic mass is 32.2. The topological polar surface area (TPSA) is 122 Å². The molecule has 0 fully saturated rings. The molecule has 0 radical (unpaired) electrons. The van der Waals surface area contributed by atoms with Gasteiger partial charge < -0.3 is 10.3 Å². The van der Waals surface area contributed by atoms with Crippen LogP contribution in [0, 0.1) is 0 Å². The van der Waals surface area contributed by atoms with Gasteiger partial charge in [0.2, 0.25) is 5.91 Å². The minimum atomic E-state index is -3.84. The average Bonchev–Trinajstić information content (AvgIpc) is 3.37. The summed E-state index contributed by atoms with van der Waals surface area (Å²) in [6, 6.07) is 11.1. The van der Waals surface area contributed by atoms with Crippen molar-refractivity contribution in [2.75, 3.05) is 10.0 Å². The zero-order valence-electron chi connectivity index (χ0n) is 15.4. The second kappa shape index (κ2) is 7.40. The molecule has 1 unspecified atom stereocenters. The number of amides is 1. The number of carbonyl (C=O) groups excluding carboxylic acids is 1. The first-order valence-electron chi connectivity index (χ1n) is 8.79. The van der Waals surface area contributed by atoms with Crippen molar-refractivity contribution < 1.29 is 13.2 Å². The van der Waals surface area contributed by atoms with Crippen LogP contribution in [0.5, 0.6) is 0 Å². The van der Waals surface area contributed by atoms with Gasteiger partial charge in [0, 0.05) is 35.9 Å². The second-order valence-electron chi connectivity index (χ2n) is 6.39. The Morgan fingerprint density at radius 2 is 1.97 bits per heavy atom. The third kappa shape index (κ3) is 3.83. The lowest BCUT2D eigenvalue weighted by molar-refractivity contribution is -0.119. The van der Waals surface area contributed by atoms with E-state index >= 15 is 0 Å². The molecule has 1 aromatic carbocycles. The van der Waals surface area contributed by atoms with Crippen LogP contribution in [-0.4, -0.2) is 34.1 Å². The summed E-state index contributed by atoms with van der Waals surface area (Å²) in [5.41, 5.74) is 1.28. The summed E-state index contributed by atoms with van der Waals surface area (Å²) in [7, 11) is -3.84. The summed E-state index contributed by atoms with van der Waals surface area (Å²) in [4.78, 5) is 19.5. The van der Waals surface area contributed by atoms with Gasteiger partial charge >= 0.3 is 0 Å². The van der Waals surface area contributed by atoms with Gasteiger partial charge in [-0.1, -0.05) is 6.07 Å². The van der Waals surface area contributed by atoms with Gasteiger partial charge in [-0.15, -0.1) is 0 Å². The Labute approximate surface area is 166 Å². The van der Waals surface area contributed by atoms with Crippen LogP contribution in [0.2, 0.25) is 0 Å². The lowest BCUT2D eigenvalue weighted by Gasteiger charge is -2.14. The van der Waals surface area contributed by atoms with Gasteiger partial charge in [-0.05, 0) is 43.3 Å². The number of sulfonamides is 1. The number of benzene rings is 1. The van der Waals surface area contributed by atoms with Gasteiger partial charge in [0.15, 0.2) is 0 Å². The number of hydrogen-bond acceptors (Lipinski definition) is 5. The number of nitrogens with zero attached hydrogens (tertiary/aromatic N) is 3. The summed E-state index contributed by atoms with van der Waals surface area (Å²) < 4.78 is 29.7. The molecule has 9 nitrogen and oxygen atoms in total. The van der Waals surface area contributed by atoms with Crippen molar-refractivity contribution in [1.82, 2.24) is 19.7 Å². The van der Waals surface area contributed by atoms with E-state index in [4.69, 9.17) is 0 Å². The van der Waals surface area contributed by atoms with E-state index < -0.39 is 16.1 Å². The number of hydrogen-bond donors (Lipinski definition) is 3. The molecule has 148 valence electrons. The van der Waals surface area contributed by atoms with E-state index in [2.05, 4.69) is 25.1 Å². The minimum Gasteiger partial charge on any atom is -0.345 e. The van der Waals surface area contributed by atoms with E-state index in [-0.39, 0.29) is 10.8 Å². The second-order valence-corrected chi connectivity index (χ2v) is 8.04. The van der Waals surface area contributed by atoms with Gasteiger partial charge in [0.05, 0.1) is 5.69 Å². The Morgan fingerprint density at radius 3 is 2.76 bits per heavy atom. The average molecular weight is 410 g/mol. The van der Waals surface area contributed by atoms with Crippen molar-refractivity contribution in [2.24, 2.45) is 0 Å². The van der Waals surface area contributed by atoms with E-state index in [9.17, 15) is 13.2 Å².